The fraction of sp³-hybridized carbons (Fsp3) is 0. The lowest BCUT2D eigenvalue weighted by Gasteiger charge is -1.88. The van der Waals surface area contributed by atoms with Gasteiger partial charge in [0.05, 0.1) is 22.3 Å². The van der Waals surface area contributed by atoms with Crippen LogP contribution in [0.15, 0.2) is 109 Å². The average molecular weight is 444 g/mol. The fourth-order valence-electron chi connectivity index (χ4n) is 2.21. The van der Waals surface area contributed by atoms with E-state index in [1.54, 1.807) is 97.1 Å². The van der Waals surface area contributed by atoms with Gasteiger partial charge in [-0.1, -0.05) is 60.7 Å². The maximum absolute atomic E-state index is 8.63. The lowest BCUT2D eigenvalue weighted by molar-refractivity contribution is 0.475. The molecule has 4 aromatic carbocycles. The molecule has 6 nitrogen and oxygen atoms in total. The summed E-state index contributed by atoms with van der Waals surface area (Å²) in [6.07, 6.45) is 0. The van der Waals surface area contributed by atoms with Gasteiger partial charge < -0.3 is 10.2 Å². The van der Waals surface area contributed by atoms with Crippen molar-refractivity contribution in [3.8, 4) is 35.8 Å². The quantitative estimate of drug-likeness (QED) is 0.360. The number of nitriles is 4. The molecule has 0 amide bonds. The van der Waals surface area contributed by atoms with Gasteiger partial charge in [0.15, 0.2) is 0 Å². The van der Waals surface area contributed by atoms with Gasteiger partial charge in [-0.25, -0.2) is 0 Å². The lowest BCUT2D eigenvalue weighted by Crippen LogP contribution is -1.79. The third-order valence-electron chi connectivity index (χ3n) is 3.85. The van der Waals surface area contributed by atoms with E-state index in [1.807, 2.05) is 36.4 Å². The topological polar surface area (TPSA) is 136 Å². The van der Waals surface area contributed by atoms with Crippen molar-refractivity contribution in [2.24, 2.45) is 0 Å². The number of aromatic hydroxyl groups is 2. The van der Waals surface area contributed by atoms with Gasteiger partial charge in [0.1, 0.15) is 35.8 Å². The number of benzene rings is 4. The van der Waals surface area contributed by atoms with Crippen LogP contribution in [-0.2, 0) is 0 Å². The molecule has 0 fully saturated rings. The van der Waals surface area contributed by atoms with Gasteiger partial charge >= 0.3 is 0 Å². The van der Waals surface area contributed by atoms with Crippen LogP contribution < -0.4 is 0 Å². The number of hydrogen-bond donors (Lipinski definition) is 2. The first kappa shape index (κ1) is 26.5. The second-order valence-electron chi connectivity index (χ2n) is 6.21. The highest BCUT2D eigenvalue weighted by Crippen LogP contribution is 2.05. The van der Waals surface area contributed by atoms with Crippen LogP contribution in [-0.4, -0.2) is 10.2 Å². The molecule has 0 aromatic heterocycles. The Morgan fingerprint density at radius 1 is 0.353 bits per heavy atom. The molecule has 6 heteroatoms. The summed E-state index contributed by atoms with van der Waals surface area (Å²) in [6.45, 7) is 0. The minimum atomic E-state index is 0.322. The Kier molecular flexibility index (Phi) is 12.6. The number of hydrogen-bond acceptors (Lipinski definition) is 6. The first-order chi connectivity index (χ1) is 16.5. The highest BCUT2D eigenvalue weighted by atomic mass is 16.3. The predicted molar refractivity (Wildman–Crippen MR) is 128 cm³/mol. The highest BCUT2D eigenvalue weighted by Gasteiger charge is 1.96. The Hall–Kier alpha value is -5.56. The SMILES string of the molecule is N#Cc1ccccc1C#N.N#Cc1ccccc1C#N.Oc1ccccc1.Oc1ccccc1. The Labute approximate surface area is 198 Å². The molecular formula is C28H20N4O2. The summed E-state index contributed by atoms with van der Waals surface area (Å²) in [7, 11) is 0. The van der Waals surface area contributed by atoms with Crippen LogP contribution in [0.3, 0.4) is 0 Å². The minimum absolute atomic E-state index is 0.322. The van der Waals surface area contributed by atoms with Crippen LogP contribution in [0.25, 0.3) is 0 Å². The van der Waals surface area contributed by atoms with E-state index in [0.29, 0.717) is 33.8 Å². The first-order valence-electron chi connectivity index (χ1n) is 9.82. The molecule has 0 saturated heterocycles. The van der Waals surface area contributed by atoms with E-state index in [0.717, 1.165) is 0 Å². The highest BCUT2D eigenvalue weighted by molar-refractivity contribution is 5.45. The molecule has 0 aliphatic heterocycles. The molecular weight excluding hydrogens is 424 g/mol. The zero-order valence-corrected chi connectivity index (χ0v) is 18.1. The third-order valence-corrected chi connectivity index (χ3v) is 3.85. The molecule has 0 saturated carbocycles. The largest absolute Gasteiger partial charge is 0.508 e. The van der Waals surface area contributed by atoms with E-state index < -0.39 is 0 Å². The van der Waals surface area contributed by atoms with Crippen molar-refractivity contribution in [1.82, 2.24) is 0 Å². The predicted octanol–water partition coefficient (Wildman–Crippen LogP) is 5.64. The minimum Gasteiger partial charge on any atom is -0.508 e. The third kappa shape index (κ3) is 10.5. The second kappa shape index (κ2) is 16.2. The Morgan fingerprint density at radius 3 is 0.706 bits per heavy atom. The summed E-state index contributed by atoms with van der Waals surface area (Å²) >= 11 is 0. The average Bonchev–Trinajstić information content (AvgIpc) is 2.90. The summed E-state index contributed by atoms with van der Waals surface area (Å²) in [4.78, 5) is 0. The van der Waals surface area contributed by atoms with Gasteiger partial charge in [0.25, 0.3) is 0 Å². The van der Waals surface area contributed by atoms with Gasteiger partial charge in [-0.15, -0.1) is 0 Å². The van der Waals surface area contributed by atoms with E-state index >= 15 is 0 Å². The number of phenols is 2. The molecule has 4 aromatic rings. The number of phenolic OH excluding ortho intramolecular Hbond substituents is 2. The van der Waals surface area contributed by atoms with Crippen LogP contribution >= 0.6 is 0 Å². The molecule has 0 atom stereocenters. The van der Waals surface area contributed by atoms with E-state index in [4.69, 9.17) is 31.3 Å². The van der Waals surface area contributed by atoms with E-state index in [2.05, 4.69) is 0 Å². The molecule has 2 N–H and O–H groups in total. The van der Waals surface area contributed by atoms with Crippen LogP contribution in [0, 0.1) is 45.3 Å². The zero-order valence-electron chi connectivity index (χ0n) is 18.1. The normalized spacial score (nSPS) is 8.12. The second-order valence-corrected chi connectivity index (χ2v) is 6.21. The summed E-state index contributed by atoms with van der Waals surface area (Å²) in [5.41, 5.74) is 1.74. The van der Waals surface area contributed by atoms with Crippen molar-refractivity contribution in [3.05, 3.63) is 131 Å². The molecule has 0 radical (unpaired) electrons. The molecule has 0 unspecified atom stereocenters. The summed E-state index contributed by atoms with van der Waals surface area (Å²) in [6, 6.07) is 38.6. The van der Waals surface area contributed by atoms with Crippen LogP contribution in [0.2, 0.25) is 0 Å². The molecule has 34 heavy (non-hydrogen) atoms. The van der Waals surface area contributed by atoms with Crippen LogP contribution in [0.5, 0.6) is 11.5 Å². The zero-order chi connectivity index (χ0) is 25.0. The van der Waals surface area contributed by atoms with Crippen molar-refractivity contribution >= 4 is 0 Å². The van der Waals surface area contributed by atoms with E-state index in [9.17, 15) is 0 Å². The van der Waals surface area contributed by atoms with Crippen molar-refractivity contribution in [2.75, 3.05) is 0 Å². The van der Waals surface area contributed by atoms with Gasteiger partial charge in [0, 0.05) is 0 Å². The van der Waals surface area contributed by atoms with Crippen molar-refractivity contribution in [3.63, 3.8) is 0 Å². The standard InChI is InChI=1S/2C8H4N2.2C6H6O/c2*9-5-7-3-1-2-4-8(7)6-10;2*7-6-4-2-1-3-5-6/h2*1-4H;2*1-5,7H. The monoisotopic (exact) mass is 444 g/mol. The maximum atomic E-state index is 8.63. The summed E-state index contributed by atoms with van der Waals surface area (Å²) in [5.74, 6) is 0.644. The smallest absolute Gasteiger partial charge is 0.115 e. The van der Waals surface area contributed by atoms with Crippen molar-refractivity contribution in [1.29, 1.82) is 21.0 Å². The Morgan fingerprint density at radius 2 is 0.559 bits per heavy atom. The fourth-order valence-corrected chi connectivity index (χ4v) is 2.21. The van der Waals surface area contributed by atoms with Gasteiger partial charge in [-0.2, -0.15) is 21.0 Å². The Balaban J connectivity index is 0.000000230. The molecule has 4 rings (SSSR count). The van der Waals surface area contributed by atoms with Gasteiger partial charge in [0.2, 0.25) is 0 Å². The van der Waals surface area contributed by atoms with Crippen molar-refractivity contribution in [2.45, 2.75) is 0 Å². The maximum Gasteiger partial charge on any atom is 0.115 e. The van der Waals surface area contributed by atoms with Crippen LogP contribution in [0.4, 0.5) is 0 Å². The summed E-state index contributed by atoms with van der Waals surface area (Å²) in [5, 5.41) is 51.1. The molecule has 164 valence electrons. The van der Waals surface area contributed by atoms with Gasteiger partial charge in [-0.3, -0.25) is 0 Å². The van der Waals surface area contributed by atoms with E-state index in [1.165, 1.54) is 0 Å². The van der Waals surface area contributed by atoms with Crippen LogP contribution in [0.1, 0.15) is 22.3 Å². The first-order valence-corrected chi connectivity index (χ1v) is 9.82. The van der Waals surface area contributed by atoms with E-state index in [-0.39, 0.29) is 0 Å². The van der Waals surface area contributed by atoms with Crippen molar-refractivity contribution < 1.29 is 10.2 Å². The molecule has 0 heterocycles. The summed E-state index contributed by atoms with van der Waals surface area (Å²) < 4.78 is 0. The number of rotatable bonds is 0. The molecule has 0 aliphatic carbocycles. The molecule has 0 aliphatic rings. The number of nitrogens with zero attached hydrogens (tertiary/aromatic N) is 4. The molecule has 0 bridgehead atoms. The molecule has 0 spiro atoms. The lowest BCUT2D eigenvalue weighted by atomic mass is 10.1. The Bertz CT molecular complexity index is 1140. The number of para-hydroxylation sites is 2. The van der Waals surface area contributed by atoms with Gasteiger partial charge in [-0.05, 0) is 48.5 Å².